The lowest BCUT2D eigenvalue weighted by molar-refractivity contribution is -0.115. The maximum absolute atomic E-state index is 10.7. The van der Waals surface area contributed by atoms with E-state index >= 15 is 0 Å². The first kappa shape index (κ1) is 8.78. The zero-order valence-corrected chi connectivity index (χ0v) is 8.56. The molecule has 1 fully saturated rings. The molecule has 1 rings (SSSR count). The largest absolute Gasteiger partial charge is 0.281 e. The van der Waals surface area contributed by atoms with Crippen molar-refractivity contribution < 1.29 is 4.79 Å². The second kappa shape index (κ2) is 3.90. The number of rotatable bonds is 1. The molecule has 0 bridgehead atoms. The van der Waals surface area contributed by atoms with Gasteiger partial charge in [-0.2, -0.15) is 0 Å². The summed E-state index contributed by atoms with van der Waals surface area (Å²) in [5.41, 5.74) is 0. The molecule has 0 atom stereocenters. The normalized spacial score (nSPS) is 33.8. The van der Waals surface area contributed by atoms with Gasteiger partial charge in [0.15, 0.2) is 0 Å². The van der Waals surface area contributed by atoms with E-state index in [1.807, 2.05) is 0 Å². The fourth-order valence-corrected chi connectivity index (χ4v) is 2.22. The molecule has 0 spiro atoms. The van der Waals surface area contributed by atoms with E-state index in [1.54, 1.807) is 0 Å². The van der Waals surface area contributed by atoms with E-state index < -0.39 is 0 Å². The summed E-state index contributed by atoms with van der Waals surface area (Å²) >= 11 is 7.80. The van der Waals surface area contributed by atoms with Gasteiger partial charge in [-0.25, -0.2) is 0 Å². The molecule has 0 heterocycles. The predicted molar refractivity (Wildman–Crippen MR) is 50.6 cm³/mol. The zero-order chi connectivity index (χ0) is 7.56. The summed E-state index contributed by atoms with van der Waals surface area (Å²) in [6.07, 6.45) is 4.30. The first-order valence-electron chi connectivity index (χ1n) is 3.53. The Hall–Kier alpha value is 0.690. The van der Waals surface area contributed by atoms with Crippen molar-refractivity contribution in [1.82, 2.24) is 0 Å². The van der Waals surface area contributed by atoms with Crippen LogP contribution in [-0.4, -0.2) is 9.17 Å². The van der Waals surface area contributed by atoms with Gasteiger partial charge in [0.05, 0.1) is 0 Å². The monoisotopic (exact) mass is 272 g/mol. The summed E-state index contributed by atoms with van der Waals surface area (Å²) in [4.78, 5) is 10.7. The first-order chi connectivity index (χ1) is 4.70. The number of hydrogen-bond donors (Lipinski definition) is 0. The molecule has 1 aliphatic carbocycles. The third-order valence-corrected chi connectivity index (χ3v) is 3.53. The molecule has 1 saturated carbocycles. The average molecular weight is 273 g/mol. The van der Waals surface area contributed by atoms with Crippen LogP contribution in [0.1, 0.15) is 25.7 Å². The van der Waals surface area contributed by atoms with Crippen LogP contribution in [0.15, 0.2) is 0 Å². The quantitative estimate of drug-likeness (QED) is 0.407. The van der Waals surface area contributed by atoms with Gasteiger partial charge in [-0.05, 0) is 37.3 Å². The zero-order valence-electron chi connectivity index (χ0n) is 5.65. The van der Waals surface area contributed by atoms with Crippen molar-refractivity contribution >= 4 is 39.4 Å². The van der Waals surface area contributed by atoms with Crippen LogP contribution in [0.5, 0.6) is 0 Å². The Kier molecular flexibility index (Phi) is 3.43. The van der Waals surface area contributed by atoms with Crippen molar-refractivity contribution in [2.45, 2.75) is 29.6 Å². The second-order valence-electron chi connectivity index (χ2n) is 2.75. The molecule has 0 N–H and O–H groups in total. The molecule has 1 nitrogen and oxygen atoms in total. The Bertz CT molecular complexity index is 130. The highest BCUT2D eigenvalue weighted by Gasteiger charge is 2.23. The van der Waals surface area contributed by atoms with E-state index in [9.17, 15) is 4.79 Å². The predicted octanol–water partition coefficient (Wildman–Crippen LogP) is 2.75. The van der Waals surface area contributed by atoms with Crippen LogP contribution in [0.25, 0.3) is 0 Å². The van der Waals surface area contributed by atoms with Crippen LogP contribution in [0.3, 0.4) is 0 Å². The van der Waals surface area contributed by atoms with Crippen LogP contribution in [0, 0.1) is 5.92 Å². The van der Waals surface area contributed by atoms with Crippen LogP contribution in [0.2, 0.25) is 0 Å². The maximum Gasteiger partial charge on any atom is 0.224 e. The molecule has 10 heavy (non-hydrogen) atoms. The Morgan fingerprint density at radius 3 is 2.20 bits per heavy atom. The van der Waals surface area contributed by atoms with Gasteiger partial charge in [0.2, 0.25) is 5.24 Å². The molecular formula is C7H10ClIO. The topological polar surface area (TPSA) is 17.1 Å². The lowest BCUT2D eigenvalue weighted by Gasteiger charge is -2.21. The third-order valence-electron chi connectivity index (χ3n) is 1.98. The first-order valence-corrected chi connectivity index (χ1v) is 5.16. The molecule has 3 heteroatoms. The highest BCUT2D eigenvalue weighted by molar-refractivity contribution is 14.1. The molecule has 0 aliphatic heterocycles. The molecule has 0 aromatic heterocycles. The summed E-state index contributed by atoms with van der Waals surface area (Å²) in [6.45, 7) is 0. The molecule has 0 aromatic rings. The van der Waals surface area contributed by atoms with Gasteiger partial charge in [-0.15, -0.1) is 0 Å². The van der Waals surface area contributed by atoms with Crippen molar-refractivity contribution in [2.24, 2.45) is 5.92 Å². The number of halogens is 2. The maximum atomic E-state index is 10.7. The number of carbonyl (C=O) groups is 1. The lowest BCUT2D eigenvalue weighted by atomic mass is 9.90. The summed E-state index contributed by atoms with van der Waals surface area (Å²) in [6, 6.07) is 0. The number of alkyl halides is 1. The Morgan fingerprint density at radius 1 is 1.30 bits per heavy atom. The minimum Gasteiger partial charge on any atom is -0.281 e. The van der Waals surface area contributed by atoms with E-state index in [2.05, 4.69) is 22.6 Å². The van der Waals surface area contributed by atoms with Gasteiger partial charge < -0.3 is 0 Å². The van der Waals surface area contributed by atoms with E-state index in [1.165, 1.54) is 0 Å². The highest BCUT2D eigenvalue weighted by Crippen LogP contribution is 2.29. The molecule has 0 saturated heterocycles. The van der Waals surface area contributed by atoms with Crippen molar-refractivity contribution in [3.05, 3.63) is 0 Å². The minimum atomic E-state index is -0.136. The van der Waals surface area contributed by atoms with E-state index in [-0.39, 0.29) is 11.2 Å². The van der Waals surface area contributed by atoms with E-state index in [0.29, 0.717) is 0 Å². The SMILES string of the molecule is O=C(Cl)[C@H]1CC[C@H](I)CC1. The number of carbonyl (C=O) groups excluding carboxylic acids is 1. The molecule has 58 valence electrons. The van der Waals surface area contributed by atoms with Crippen molar-refractivity contribution in [1.29, 1.82) is 0 Å². The second-order valence-corrected chi connectivity index (χ2v) is 4.89. The van der Waals surface area contributed by atoms with E-state index in [0.717, 1.165) is 29.6 Å². The summed E-state index contributed by atoms with van der Waals surface area (Å²) in [5.74, 6) is 0.160. The standard InChI is InChI=1S/C7H10ClIO/c8-7(10)5-1-3-6(9)4-2-5/h5-6H,1-4H2/t5-,6-. The lowest BCUT2D eigenvalue weighted by Crippen LogP contribution is -2.18. The highest BCUT2D eigenvalue weighted by atomic mass is 127. The van der Waals surface area contributed by atoms with Gasteiger partial charge in [-0.1, -0.05) is 22.6 Å². The van der Waals surface area contributed by atoms with Gasteiger partial charge in [0.25, 0.3) is 0 Å². The molecular weight excluding hydrogens is 262 g/mol. The molecule has 0 amide bonds. The summed E-state index contributed by atoms with van der Waals surface area (Å²) in [7, 11) is 0. The number of hydrogen-bond acceptors (Lipinski definition) is 1. The van der Waals surface area contributed by atoms with Gasteiger partial charge in [0.1, 0.15) is 0 Å². The Labute approximate surface area is 79.6 Å². The molecule has 0 aromatic carbocycles. The van der Waals surface area contributed by atoms with Crippen molar-refractivity contribution in [2.75, 3.05) is 0 Å². The van der Waals surface area contributed by atoms with Crippen LogP contribution >= 0.6 is 34.2 Å². The smallest absolute Gasteiger partial charge is 0.224 e. The van der Waals surface area contributed by atoms with Crippen molar-refractivity contribution in [3.63, 3.8) is 0 Å². The van der Waals surface area contributed by atoms with Gasteiger partial charge >= 0.3 is 0 Å². The minimum absolute atomic E-state index is 0.136. The molecule has 0 unspecified atom stereocenters. The summed E-state index contributed by atoms with van der Waals surface area (Å²) in [5, 5.41) is -0.136. The summed E-state index contributed by atoms with van der Waals surface area (Å²) < 4.78 is 0.768. The molecule has 1 aliphatic rings. The fraction of sp³-hybridized carbons (Fsp3) is 0.857. The van der Waals surface area contributed by atoms with Crippen LogP contribution in [-0.2, 0) is 4.79 Å². The van der Waals surface area contributed by atoms with Crippen LogP contribution < -0.4 is 0 Å². The Balaban J connectivity index is 2.33. The van der Waals surface area contributed by atoms with Crippen molar-refractivity contribution in [3.8, 4) is 0 Å². The molecule has 0 radical (unpaired) electrons. The fourth-order valence-electron chi connectivity index (χ4n) is 1.28. The third kappa shape index (κ3) is 2.38. The van der Waals surface area contributed by atoms with Gasteiger partial charge in [-0.3, -0.25) is 4.79 Å². The average Bonchev–Trinajstić information content (AvgIpc) is 1.88. The van der Waals surface area contributed by atoms with E-state index in [4.69, 9.17) is 11.6 Å². The van der Waals surface area contributed by atoms with Gasteiger partial charge in [0, 0.05) is 9.84 Å². The Morgan fingerprint density at radius 2 is 1.80 bits per heavy atom. The van der Waals surface area contributed by atoms with Crippen LogP contribution in [0.4, 0.5) is 0 Å².